The van der Waals surface area contributed by atoms with Gasteiger partial charge in [-0.15, -0.1) is 11.3 Å². The first kappa shape index (κ1) is 31.3. The third-order valence-electron chi connectivity index (χ3n) is 12.5. The van der Waals surface area contributed by atoms with Crippen molar-refractivity contribution in [3.8, 4) is 21.7 Å². The highest BCUT2D eigenvalue weighted by Gasteiger charge is 2.36. The van der Waals surface area contributed by atoms with Gasteiger partial charge in [0.15, 0.2) is 5.58 Å². The molecule has 268 valence electrons. The van der Waals surface area contributed by atoms with Crippen molar-refractivity contribution in [1.82, 2.24) is 9.38 Å². The number of benzene rings is 8. The number of thiazole rings is 1. The second-order valence-electron chi connectivity index (χ2n) is 15.9. The van der Waals surface area contributed by atoms with Gasteiger partial charge in [0, 0.05) is 54.7 Å². The Morgan fingerprint density at radius 3 is 2.21 bits per heavy atom. The van der Waals surface area contributed by atoms with Crippen molar-refractivity contribution in [3.05, 3.63) is 175 Å². The van der Waals surface area contributed by atoms with Crippen LogP contribution >= 0.6 is 11.3 Å². The molecular weight excluding hydrogens is 715 g/mol. The Kier molecular flexibility index (Phi) is 6.09. The highest BCUT2D eigenvalue weighted by molar-refractivity contribution is 7.22. The van der Waals surface area contributed by atoms with Crippen LogP contribution in [0.25, 0.3) is 91.9 Å². The van der Waals surface area contributed by atoms with E-state index in [-0.39, 0.29) is 5.41 Å². The van der Waals surface area contributed by atoms with E-state index in [1.165, 1.54) is 65.0 Å². The quantitative estimate of drug-likeness (QED) is 0.180. The van der Waals surface area contributed by atoms with Crippen LogP contribution in [-0.2, 0) is 5.41 Å². The molecule has 57 heavy (non-hydrogen) atoms. The molecule has 8 aromatic carbocycles. The van der Waals surface area contributed by atoms with Gasteiger partial charge in [0.2, 0.25) is 0 Å². The van der Waals surface area contributed by atoms with Crippen molar-refractivity contribution < 1.29 is 4.42 Å². The first-order valence-corrected chi connectivity index (χ1v) is 20.4. The van der Waals surface area contributed by atoms with Gasteiger partial charge >= 0.3 is 0 Å². The number of fused-ring (bicyclic) bond motifs is 14. The average Bonchev–Trinajstić information content (AvgIpc) is 4.05. The molecule has 0 atom stereocenters. The van der Waals surface area contributed by atoms with Crippen molar-refractivity contribution in [1.29, 1.82) is 0 Å². The lowest BCUT2D eigenvalue weighted by molar-refractivity contribution is 0.660. The van der Waals surface area contributed by atoms with E-state index in [1.54, 1.807) is 11.3 Å². The standard InChI is InChI=1S/C52H33N3OS/c1-52(2)40-19-9-6-15-33(40)34-25-23-32(28-41(34)52)54(45-21-12-18-37-36-17-8-11-22-46(36)56-49(37)45)31-24-26-44-39(27-31)47-48-38(35-16-7-10-20-43(35)55(44)48)29-42-50(47)57-51(53-42)30-13-4-3-5-14-30/h3-29H,1-2H3. The van der Waals surface area contributed by atoms with Crippen LogP contribution in [0.4, 0.5) is 17.1 Å². The van der Waals surface area contributed by atoms with Crippen LogP contribution in [0.2, 0.25) is 0 Å². The average molecular weight is 748 g/mol. The number of nitrogens with zero attached hydrogens (tertiary/aromatic N) is 3. The molecule has 0 N–H and O–H groups in total. The molecule has 0 amide bonds. The van der Waals surface area contributed by atoms with Gasteiger partial charge < -0.3 is 13.7 Å². The number of hydrogen-bond acceptors (Lipinski definition) is 4. The van der Waals surface area contributed by atoms with Crippen molar-refractivity contribution >= 4 is 98.6 Å². The summed E-state index contributed by atoms with van der Waals surface area (Å²) < 4.78 is 10.5. The Bertz CT molecular complexity index is 3630. The lowest BCUT2D eigenvalue weighted by Gasteiger charge is -2.28. The smallest absolute Gasteiger partial charge is 0.159 e. The topological polar surface area (TPSA) is 33.7 Å². The molecule has 1 aliphatic carbocycles. The zero-order chi connectivity index (χ0) is 37.6. The summed E-state index contributed by atoms with van der Waals surface area (Å²) >= 11 is 1.79. The monoisotopic (exact) mass is 747 g/mol. The summed E-state index contributed by atoms with van der Waals surface area (Å²) in [6, 6.07) is 59.5. The maximum Gasteiger partial charge on any atom is 0.159 e. The number of para-hydroxylation sites is 3. The number of anilines is 3. The predicted molar refractivity (Wildman–Crippen MR) is 239 cm³/mol. The van der Waals surface area contributed by atoms with Crippen molar-refractivity contribution in [2.45, 2.75) is 19.3 Å². The normalized spacial score (nSPS) is 13.6. The Balaban J connectivity index is 1.12. The maximum atomic E-state index is 6.77. The molecule has 13 rings (SSSR count). The Hall–Kier alpha value is -6.95. The van der Waals surface area contributed by atoms with Gasteiger partial charge in [-0.1, -0.05) is 123 Å². The van der Waals surface area contributed by atoms with Crippen LogP contribution in [0, 0.1) is 0 Å². The highest BCUT2D eigenvalue weighted by atomic mass is 32.1. The Morgan fingerprint density at radius 1 is 0.579 bits per heavy atom. The molecule has 1 aliphatic rings. The summed E-state index contributed by atoms with van der Waals surface area (Å²) in [4.78, 5) is 7.69. The van der Waals surface area contributed by atoms with Gasteiger partial charge in [-0.3, -0.25) is 0 Å². The zero-order valence-corrected chi connectivity index (χ0v) is 32.1. The third-order valence-corrected chi connectivity index (χ3v) is 13.7. The maximum absolute atomic E-state index is 6.77. The number of aromatic nitrogens is 2. The molecule has 0 aliphatic heterocycles. The van der Waals surface area contributed by atoms with Crippen LogP contribution in [0.5, 0.6) is 0 Å². The highest BCUT2D eigenvalue weighted by Crippen LogP contribution is 2.52. The zero-order valence-electron chi connectivity index (χ0n) is 31.2. The number of hydrogen-bond donors (Lipinski definition) is 0. The van der Waals surface area contributed by atoms with Crippen LogP contribution in [0.3, 0.4) is 0 Å². The fourth-order valence-electron chi connectivity index (χ4n) is 9.94. The van der Waals surface area contributed by atoms with Crippen LogP contribution < -0.4 is 4.90 Å². The molecule has 4 nitrogen and oxygen atoms in total. The fourth-order valence-corrected chi connectivity index (χ4v) is 11.0. The Labute approximate surface area is 331 Å². The molecule has 0 radical (unpaired) electrons. The summed E-state index contributed by atoms with van der Waals surface area (Å²) in [5.74, 6) is 0. The van der Waals surface area contributed by atoms with Crippen molar-refractivity contribution in [2.24, 2.45) is 0 Å². The molecule has 12 aromatic rings. The van der Waals surface area contributed by atoms with Crippen molar-refractivity contribution in [3.63, 3.8) is 0 Å². The fraction of sp³-hybridized carbons (Fsp3) is 0.0577. The summed E-state index contributed by atoms with van der Waals surface area (Å²) in [5.41, 5.74) is 15.9. The molecule has 0 fully saturated rings. The van der Waals surface area contributed by atoms with Gasteiger partial charge in [0.05, 0.1) is 32.5 Å². The Morgan fingerprint density at radius 2 is 1.30 bits per heavy atom. The van der Waals surface area contributed by atoms with E-state index < -0.39 is 0 Å². The molecule has 0 saturated carbocycles. The molecule has 0 unspecified atom stereocenters. The van der Waals surface area contributed by atoms with Gasteiger partial charge in [0.25, 0.3) is 0 Å². The van der Waals surface area contributed by atoms with E-state index in [2.05, 4.69) is 181 Å². The van der Waals surface area contributed by atoms with E-state index in [1.807, 2.05) is 6.07 Å². The SMILES string of the molecule is CC1(C)c2ccccc2-c2ccc(N(c3ccc4c(c3)c3c5sc(-c6ccccc6)nc5cc5c6ccccc6n4c53)c3cccc4c3oc3ccccc34)cc21. The minimum absolute atomic E-state index is 0.147. The molecule has 5 heteroatoms. The van der Waals surface area contributed by atoms with E-state index >= 15 is 0 Å². The third kappa shape index (κ3) is 4.13. The summed E-state index contributed by atoms with van der Waals surface area (Å²) in [5, 5.41) is 8.21. The van der Waals surface area contributed by atoms with Gasteiger partial charge in [-0.2, -0.15) is 0 Å². The van der Waals surface area contributed by atoms with E-state index in [9.17, 15) is 0 Å². The summed E-state index contributed by atoms with van der Waals surface area (Å²) in [7, 11) is 0. The lowest BCUT2D eigenvalue weighted by atomic mass is 9.82. The van der Waals surface area contributed by atoms with Crippen molar-refractivity contribution in [2.75, 3.05) is 4.90 Å². The van der Waals surface area contributed by atoms with Gasteiger partial charge in [0.1, 0.15) is 10.6 Å². The minimum Gasteiger partial charge on any atom is -0.454 e. The first-order valence-electron chi connectivity index (χ1n) is 19.5. The summed E-state index contributed by atoms with van der Waals surface area (Å²) in [6.07, 6.45) is 0. The van der Waals surface area contributed by atoms with E-state index in [0.717, 1.165) is 55.1 Å². The largest absolute Gasteiger partial charge is 0.454 e. The van der Waals surface area contributed by atoms with Crippen LogP contribution in [0.1, 0.15) is 25.0 Å². The van der Waals surface area contributed by atoms with Gasteiger partial charge in [-0.25, -0.2) is 4.98 Å². The van der Waals surface area contributed by atoms with Crippen LogP contribution in [0.15, 0.2) is 168 Å². The first-order chi connectivity index (χ1) is 28.0. The second kappa shape index (κ2) is 11.1. The number of rotatable bonds is 4. The molecular formula is C52H33N3OS. The summed E-state index contributed by atoms with van der Waals surface area (Å²) in [6.45, 7) is 4.70. The van der Waals surface area contributed by atoms with Crippen LogP contribution in [-0.4, -0.2) is 9.38 Å². The van der Waals surface area contributed by atoms with Gasteiger partial charge in [-0.05, 0) is 76.9 Å². The molecule has 4 aromatic heterocycles. The van der Waals surface area contributed by atoms with E-state index in [4.69, 9.17) is 9.40 Å². The predicted octanol–water partition coefficient (Wildman–Crippen LogP) is 14.8. The lowest BCUT2D eigenvalue weighted by Crippen LogP contribution is -2.16. The molecule has 4 heterocycles. The molecule has 0 bridgehead atoms. The molecule has 0 spiro atoms. The van der Waals surface area contributed by atoms with E-state index in [0.29, 0.717) is 0 Å². The number of furan rings is 1. The second-order valence-corrected chi connectivity index (χ2v) is 16.9. The minimum atomic E-state index is -0.147. The molecule has 0 saturated heterocycles.